The lowest BCUT2D eigenvalue weighted by molar-refractivity contribution is 0.341. The number of piperidine rings is 1. The van der Waals surface area contributed by atoms with Crippen LogP contribution in [0.1, 0.15) is 24.0 Å². The molecule has 0 atom stereocenters. The summed E-state index contributed by atoms with van der Waals surface area (Å²) in [6.07, 6.45) is 5.13. The number of hydrogen-bond acceptors (Lipinski definition) is 2. The second kappa shape index (κ2) is 5.19. The van der Waals surface area contributed by atoms with Gasteiger partial charge in [0.05, 0.1) is 0 Å². The highest BCUT2D eigenvalue weighted by atomic mass is 14.9. The van der Waals surface area contributed by atoms with Crippen LogP contribution in [0.25, 0.3) is 0 Å². The minimum absolute atomic E-state index is 0.683. The van der Waals surface area contributed by atoms with Gasteiger partial charge in [0.25, 0.3) is 0 Å². The molecule has 0 unspecified atom stereocenters. The molecule has 3 rings (SSSR count). The van der Waals surface area contributed by atoms with Crippen molar-refractivity contribution in [2.75, 3.05) is 19.6 Å². The van der Waals surface area contributed by atoms with E-state index < -0.39 is 0 Å². The normalized spacial score (nSPS) is 21.6. The minimum Gasteiger partial charge on any atom is -0.317 e. The van der Waals surface area contributed by atoms with E-state index in [1.54, 1.807) is 11.1 Å². The van der Waals surface area contributed by atoms with E-state index in [1.807, 2.05) is 0 Å². The largest absolute Gasteiger partial charge is 0.317 e. The highest BCUT2D eigenvalue weighted by Crippen LogP contribution is 2.22. The van der Waals surface area contributed by atoms with E-state index in [4.69, 9.17) is 0 Å². The Hall–Kier alpha value is -0.860. The van der Waals surface area contributed by atoms with Crippen molar-refractivity contribution < 1.29 is 0 Å². The predicted molar refractivity (Wildman–Crippen MR) is 71.2 cm³/mol. The van der Waals surface area contributed by atoms with Gasteiger partial charge < -0.3 is 10.6 Å². The van der Waals surface area contributed by atoms with Crippen molar-refractivity contribution >= 4 is 0 Å². The average molecular weight is 230 g/mol. The van der Waals surface area contributed by atoms with Gasteiger partial charge in [-0.1, -0.05) is 24.3 Å². The molecule has 92 valence electrons. The monoisotopic (exact) mass is 230 g/mol. The molecule has 1 aliphatic carbocycles. The van der Waals surface area contributed by atoms with E-state index in [2.05, 4.69) is 34.9 Å². The summed E-state index contributed by atoms with van der Waals surface area (Å²) in [6.45, 7) is 3.62. The Balaban J connectivity index is 1.48. The van der Waals surface area contributed by atoms with Crippen LogP contribution < -0.4 is 10.6 Å². The smallest absolute Gasteiger partial charge is 0.0148 e. The summed E-state index contributed by atoms with van der Waals surface area (Å²) in [5.74, 6) is 0.889. The summed E-state index contributed by atoms with van der Waals surface area (Å²) in [6, 6.07) is 9.56. The van der Waals surface area contributed by atoms with E-state index in [1.165, 1.54) is 45.3 Å². The third kappa shape index (κ3) is 2.70. The molecule has 2 heteroatoms. The Labute approximate surface area is 104 Å². The van der Waals surface area contributed by atoms with Crippen molar-refractivity contribution in [1.82, 2.24) is 10.6 Å². The van der Waals surface area contributed by atoms with Gasteiger partial charge in [-0.2, -0.15) is 0 Å². The molecule has 2 nitrogen and oxygen atoms in total. The van der Waals surface area contributed by atoms with Gasteiger partial charge in [-0.3, -0.25) is 0 Å². The topological polar surface area (TPSA) is 24.1 Å². The highest BCUT2D eigenvalue weighted by molar-refractivity contribution is 5.33. The van der Waals surface area contributed by atoms with E-state index in [9.17, 15) is 0 Å². The van der Waals surface area contributed by atoms with E-state index in [-0.39, 0.29) is 0 Å². The molecule has 0 radical (unpaired) electrons. The van der Waals surface area contributed by atoms with Crippen LogP contribution in [0.4, 0.5) is 0 Å². The fourth-order valence-electron chi connectivity index (χ4n) is 3.12. The first kappa shape index (κ1) is 11.2. The van der Waals surface area contributed by atoms with Gasteiger partial charge in [0.15, 0.2) is 0 Å². The van der Waals surface area contributed by atoms with Gasteiger partial charge in [-0.25, -0.2) is 0 Å². The zero-order chi connectivity index (χ0) is 11.5. The SMILES string of the molecule is c1ccc2c(c1)CC(NCC1CCNCC1)C2. The number of hydrogen-bond donors (Lipinski definition) is 2. The van der Waals surface area contributed by atoms with Crippen LogP contribution in [-0.2, 0) is 12.8 Å². The minimum atomic E-state index is 0.683. The molecule has 0 amide bonds. The third-order valence-corrected chi connectivity index (χ3v) is 4.20. The van der Waals surface area contributed by atoms with E-state index in [0.29, 0.717) is 6.04 Å². The zero-order valence-corrected chi connectivity index (χ0v) is 10.4. The van der Waals surface area contributed by atoms with Crippen molar-refractivity contribution in [3.8, 4) is 0 Å². The molecule has 0 spiro atoms. The number of benzene rings is 1. The summed E-state index contributed by atoms with van der Waals surface area (Å²) in [5.41, 5.74) is 3.10. The first-order valence-corrected chi connectivity index (χ1v) is 6.93. The van der Waals surface area contributed by atoms with Gasteiger partial charge in [-0.15, -0.1) is 0 Å². The van der Waals surface area contributed by atoms with Crippen LogP contribution in [0, 0.1) is 5.92 Å². The summed E-state index contributed by atoms with van der Waals surface area (Å²) in [4.78, 5) is 0. The molecule has 1 saturated heterocycles. The Morgan fingerprint density at radius 2 is 1.71 bits per heavy atom. The van der Waals surface area contributed by atoms with Gasteiger partial charge in [0.2, 0.25) is 0 Å². The summed E-state index contributed by atoms with van der Waals surface area (Å²) in [7, 11) is 0. The Kier molecular flexibility index (Phi) is 3.44. The number of fused-ring (bicyclic) bond motifs is 1. The molecule has 1 heterocycles. The molecule has 17 heavy (non-hydrogen) atoms. The lowest BCUT2D eigenvalue weighted by Crippen LogP contribution is -2.38. The maximum atomic E-state index is 3.77. The quantitative estimate of drug-likeness (QED) is 0.826. The maximum Gasteiger partial charge on any atom is 0.0148 e. The van der Waals surface area contributed by atoms with Gasteiger partial charge >= 0.3 is 0 Å². The van der Waals surface area contributed by atoms with Crippen LogP contribution in [0.3, 0.4) is 0 Å². The van der Waals surface area contributed by atoms with Crippen molar-refractivity contribution in [2.24, 2.45) is 5.92 Å². The predicted octanol–water partition coefficient (Wildman–Crippen LogP) is 1.74. The van der Waals surface area contributed by atoms with Crippen LogP contribution in [0.5, 0.6) is 0 Å². The summed E-state index contributed by atoms with van der Waals surface area (Å²) < 4.78 is 0. The van der Waals surface area contributed by atoms with Crippen LogP contribution in [0.2, 0.25) is 0 Å². The lowest BCUT2D eigenvalue weighted by atomic mass is 9.98. The number of nitrogens with one attached hydrogen (secondary N) is 2. The third-order valence-electron chi connectivity index (χ3n) is 4.20. The van der Waals surface area contributed by atoms with Crippen molar-refractivity contribution in [1.29, 1.82) is 0 Å². The Bertz CT molecular complexity index is 344. The van der Waals surface area contributed by atoms with Gasteiger partial charge in [0.1, 0.15) is 0 Å². The Morgan fingerprint density at radius 1 is 1.06 bits per heavy atom. The molecule has 2 N–H and O–H groups in total. The molecule has 0 aromatic heterocycles. The lowest BCUT2D eigenvalue weighted by Gasteiger charge is -2.24. The molecule has 2 aliphatic rings. The molecular formula is C15H22N2. The molecule has 1 aromatic rings. The molecule has 1 aromatic carbocycles. The zero-order valence-electron chi connectivity index (χ0n) is 10.4. The van der Waals surface area contributed by atoms with Gasteiger partial charge in [-0.05, 0) is 62.4 Å². The van der Waals surface area contributed by atoms with Crippen LogP contribution in [-0.4, -0.2) is 25.7 Å². The molecular weight excluding hydrogens is 208 g/mol. The van der Waals surface area contributed by atoms with Crippen molar-refractivity contribution in [3.05, 3.63) is 35.4 Å². The van der Waals surface area contributed by atoms with E-state index in [0.717, 1.165) is 5.92 Å². The second-order valence-electron chi connectivity index (χ2n) is 5.48. The van der Waals surface area contributed by atoms with Crippen molar-refractivity contribution in [3.63, 3.8) is 0 Å². The van der Waals surface area contributed by atoms with E-state index >= 15 is 0 Å². The molecule has 1 fully saturated rings. The second-order valence-corrected chi connectivity index (χ2v) is 5.48. The van der Waals surface area contributed by atoms with Crippen molar-refractivity contribution in [2.45, 2.75) is 31.7 Å². The average Bonchev–Trinajstić information content (AvgIpc) is 2.80. The fraction of sp³-hybridized carbons (Fsp3) is 0.600. The molecule has 0 saturated carbocycles. The summed E-state index contributed by atoms with van der Waals surface area (Å²) >= 11 is 0. The fourth-order valence-corrected chi connectivity index (χ4v) is 3.12. The Morgan fingerprint density at radius 3 is 2.35 bits per heavy atom. The standard InChI is InChI=1S/C15H22N2/c1-2-4-14-10-15(9-13(14)3-1)17-11-12-5-7-16-8-6-12/h1-4,12,15-17H,5-11H2. The first-order chi connectivity index (χ1) is 8.42. The molecule has 0 bridgehead atoms. The highest BCUT2D eigenvalue weighted by Gasteiger charge is 2.21. The van der Waals surface area contributed by atoms with Gasteiger partial charge in [0, 0.05) is 6.04 Å². The molecule has 1 aliphatic heterocycles. The van der Waals surface area contributed by atoms with Crippen LogP contribution >= 0.6 is 0 Å². The first-order valence-electron chi connectivity index (χ1n) is 6.93. The number of rotatable bonds is 3. The maximum absolute atomic E-state index is 3.77. The van der Waals surface area contributed by atoms with Crippen LogP contribution in [0.15, 0.2) is 24.3 Å². The summed E-state index contributed by atoms with van der Waals surface area (Å²) in [5, 5.41) is 7.20.